The van der Waals surface area contributed by atoms with Crippen LogP contribution in [0.25, 0.3) is 0 Å². The van der Waals surface area contributed by atoms with Gasteiger partial charge in [-0.05, 0) is 50.3 Å². The van der Waals surface area contributed by atoms with Gasteiger partial charge in [-0.1, -0.05) is 0 Å². The molecule has 0 bridgehead atoms. The Morgan fingerprint density at radius 3 is 2.85 bits per heavy atom. The van der Waals surface area contributed by atoms with Crippen LogP contribution >= 0.6 is 24.8 Å². The van der Waals surface area contributed by atoms with Crippen LogP contribution < -0.4 is 5.73 Å². The molecule has 4 nitrogen and oxygen atoms in total. The average molecular weight is 320 g/mol. The van der Waals surface area contributed by atoms with Gasteiger partial charge in [0.15, 0.2) is 0 Å². The van der Waals surface area contributed by atoms with E-state index in [1.165, 1.54) is 6.42 Å². The first-order chi connectivity index (χ1) is 8.70. The van der Waals surface area contributed by atoms with Crippen LogP contribution in [-0.4, -0.2) is 35.4 Å². The number of carbonyl (C=O) groups excluding carboxylic acids is 1. The van der Waals surface area contributed by atoms with Crippen molar-refractivity contribution in [2.45, 2.75) is 26.2 Å². The van der Waals surface area contributed by atoms with E-state index in [4.69, 9.17) is 5.73 Å². The Kier molecular flexibility index (Phi) is 8.78. The number of piperidine rings is 1. The summed E-state index contributed by atoms with van der Waals surface area (Å²) < 4.78 is 0. The number of pyridine rings is 1. The van der Waals surface area contributed by atoms with Gasteiger partial charge in [0.2, 0.25) is 0 Å². The molecule has 20 heavy (non-hydrogen) atoms. The fraction of sp³-hybridized carbons (Fsp3) is 0.571. The van der Waals surface area contributed by atoms with Crippen molar-refractivity contribution in [2.75, 3.05) is 19.6 Å². The van der Waals surface area contributed by atoms with E-state index in [1.807, 2.05) is 17.9 Å². The van der Waals surface area contributed by atoms with Crippen LogP contribution in [-0.2, 0) is 0 Å². The summed E-state index contributed by atoms with van der Waals surface area (Å²) in [5.41, 5.74) is 7.32. The first-order valence-corrected chi connectivity index (χ1v) is 6.61. The summed E-state index contributed by atoms with van der Waals surface area (Å²) in [4.78, 5) is 18.4. The smallest absolute Gasteiger partial charge is 0.255 e. The van der Waals surface area contributed by atoms with Crippen molar-refractivity contribution >= 4 is 30.7 Å². The van der Waals surface area contributed by atoms with E-state index >= 15 is 0 Å². The molecule has 1 saturated heterocycles. The Labute approximate surface area is 132 Å². The predicted molar refractivity (Wildman–Crippen MR) is 85.8 cm³/mol. The van der Waals surface area contributed by atoms with E-state index in [-0.39, 0.29) is 30.7 Å². The lowest BCUT2D eigenvalue weighted by Gasteiger charge is -2.32. The van der Waals surface area contributed by atoms with Gasteiger partial charge in [0.1, 0.15) is 0 Å². The van der Waals surface area contributed by atoms with Crippen LogP contribution in [0.1, 0.15) is 35.2 Å². The number of aromatic nitrogens is 1. The van der Waals surface area contributed by atoms with Crippen LogP contribution in [0.3, 0.4) is 0 Å². The molecular formula is C14H23Cl2N3O. The number of likely N-dealkylation sites (tertiary alicyclic amines) is 1. The normalized spacial score (nSPS) is 17.9. The van der Waals surface area contributed by atoms with Crippen LogP contribution in [0, 0.1) is 12.8 Å². The van der Waals surface area contributed by atoms with Gasteiger partial charge in [-0.2, -0.15) is 0 Å². The van der Waals surface area contributed by atoms with Crippen molar-refractivity contribution in [1.29, 1.82) is 0 Å². The maximum Gasteiger partial charge on any atom is 0.255 e. The number of halogens is 2. The van der Waals surface area contributed by atoms with E-state index in [0.29, 0.717) is 18.0 Å². The van der Waals surface area contributed by atoms with Gasteiger partial charge >= 0.3 is 0 Å². The molecule has 1 atom stereocenters. The van der Waals surface area contributed by atoms with E-state index in [9.17, 15) is 4.79 Å². The molecule has 2 heterocycles. The third kappa shape index (κ3) is 4.93. The van der Waals surface area contributed by atoms with Crippen molar-refractivity contribution in [2.24, 2.45) is 11.7 Å². The van der Waals surface area contributed by atoms with Crippen molar-refractivity contribution in [1.82, 2.24) is 9.88 Å². The molecule has 0 aliphatic carbocycles. The highest BCUT2D eigenvalue weighted by Gasteiger charge is 2.24. The van der Waals surface area contributed by atoms with E-state index < -0.39 is 0 Å². The summed E-state index contributed by atoms with van der Waals surface area (Å²) in [6, 6.07) is 1.90. The van der Waals surface area contributed by atoms with Gasteiger partial charge in [0.25, 0.3) is 5.91 Å². The van der Waals surface area contributed by atoms with Gasteiger partial charge < -0.3 is 10.6 Å². The summed E-state index contributed by atoms with van der Waals surface area (Å²) in [6.07, 6.45) is 6.70. The lowest BCUT2D eigenvalue weighted by atomic mass is 9.94. The second-order valence-electron chi connectivity index (χ2n) is 5.09. The molecule has 1 unspecified atom stereocenters. The van der Waals surface area contributed by atoms with Crippen molar-refractivity contribution < 1.29 is 4.79 Å². The second kappa shape index (κ2) is 9.16. The second-order valence-corrected chi connectivity index (χ2v) is 5.09. The minimum absolute atomic E-state index is 0. The molecule has 2 rings (SSSR count). The molecule has 0 spiro atoms. The molecule has 1 aliphatic heterocycles. The number of rotatable bonds is 3. The van der Waals surface area contributed by atoms with Crippen molar-refractivity contribution in [3.05, 3.63) is 29.6 Å². The number of carbonyl (C=O) groups is 1. The van der Waals surface area contributed by atoms with Gasteiger partial charge in [-0.25, -0.2) is 0 Å². The monoisotopic (exact) mass is 319 g/mol. The van der Waals surface area contributed by atoms with Crippen molar-refractivity contribution in [3.63, 3.8) is 0 Å². The van der Waals surface area contributed by atoms with Crippen LogP contribution in [0.5, 0.6) is 0 Å². The number of aryl methyl sites for hydroxylation is 1. The molecule has 0 radical (unpaired) electrons. The number of hydrogen-bond acceptors (Lipinski definition) is 3. The largest absolute Gasteiger partial charge is 0.338 e. The zero-order valence-electron chi connectivity index (χ0n) is 11.7. The Morgan fingerprint density at radius 1 is 1.45 bits per heavy atom. The number of nitrogens with zero attached hydrogens (tertiary/aromatic N) is 2. The summed E-state index contributed by atoms with van der Waals surface area (Å²) in [6.45, 7) is 4.35. The number of amides is 1. The molecule has 1 aliphatic rings. The summed E-state index contributed by atoms with van der Waals surface area (Å²) in [5.74, 6) is 0.665. The minimum Gasteiger partial charge on any atom is -0.338 e. The zero-order valence-corrected chi connectivity index (χ0v) is 13.4. The fourth-order valence-corrected chi connectivity index (χ4v) is 2.58. The maximum absolute atomic E-state index is 12.4. The molecule has 6 heteroatoms. The molecule has 1 amide bonds. The molecule has 1 aromatic rings. The topological polar surface area (TPSA) is 59.2 Å². The minimum atomic E-state index is 0. The van der Waals surface area contributed by atoms with Crippen molar-refractivity contribution in [3.8, 4) is 0 Å². The van der Waals surface area contributed by atoms with Gasteiger partial charge in [-0.3, -0.25) is 9.78 Å². The molecule has 0 aromatic carbocycles. The van der Waals surface area contributed by atoms with Gasteiger partial charge in [-0.15, -0.1) is 24.8 Å². The van der Waals surface area contributed by atoms with Crippen LogP contribution in [0.15, 0.2) is 18.5 Å². The predicted octanol–water partition coefficient (Wildman–Crippen LogP) is 2.43. The molecule has 2 N–H and O–H groups in total. The van der Waals surface area contributed by atoms with Gasteiger partial charge in [0, 0.05) is 25.5 Å². The molecular weight excluding hydrogens is 297 g/mol. The fourth-order valence-electron chi connectivity index (χ4n) is 2.58. The lowest BCUT2D eigenvalue weighted by molar-refractivity contribution is 0.0669. The number of nitrogens with two attached hydrogens (primary N) is 1. The number of hydrogen-bond donors (Lipinski definition) is 1. The van der Waals surface area contributed by atoms with Crippen LogP contribution in [0.4, 0.5) is 0 Å². The SMILES string of the molecule is Cc1cncc(C(=O)N2CCCC(CCN)C2)c1.Cl.Cl. The Morgan fingerprint density at radius 2 is 2.20 bits per heavy atom. The Hall–Kier alpha value is -0.840. The lowest BCUT2D eigenvalue weighted by Crippen LogP contribution is -2.40. The third-order valence-corrected chi connectivity index (χ3v) is 3.50. The van der Waals surface area contributed by atoms with E-state index in [1.54, 1.807) is 12.4 Å². The maximum atomic E-state index is 12.4. The molecule has 114 valence electrons. The Balaban J connectivity index is 0.00000180. The van der Waals surface area contributed by atoms with E-state index in [2.05, 4.69) is 4.98 Å². The first-order valence-electron chi connectivity index (χ1n) is 6.61. The highest BCUT2D eigenvalue weighted by atomic mass is 35.5. The highest BCUT2D eigenvalue weighted by Crippen LogP contribution is 2.20. The third-order valence-electron chi connectivity index (χ3n) is 3.50. The average Bonchev–Trinajstić information content (AvgIpc) is 2.39. The summed E-state index contributed by atoms with van der Waals surface area (Å²) >= 11 is 0. The van der Waals surface area contributed by atoms with Crippen LogP contribution in [0.2, 0.25) is 0 Å². The zero-order chi connectivity index (χ0) is 13.0. The van der Waals surface area contributed by atoms with Gasteiger partial charge in [0.05, 0.1) is 5.56 Å². The molecule has 1 aromatic heterocycles. The molecule has 1 fully saturated rings. The van der Waals surface area contributed by atoms with E-state index in [0.717, 1.165) is 31.5 Å². The summed E-state index contributed by atoms with van der Waals surface area (Å²) in [5, 5.41) is 0. The summed E-state index contributed by atoms with van der Waals surface area (Å²) in [7, 11) is 0. The standard InChI is InChI=1S/C14H21N3O.2ClH/c1-11-7-13(9-16-8-11)14(18)17-6-2-3-12(10-17)4-5-15;;/h7-9,12H,2-6,10,15H2,1H3;2*1H. The highest BCUT2D eigenvalue weighted by molar-refractivity contribution is 5.94. The first kappa shape index (κ1) is 19.2. The Bertz CT molecular complexity index is 427. The molecule has 0 saturated carbocycles. The quantitative estimate of drug-likeness (QED) is 0.930.